The van der Waals surface area contributed by atoms with Gasteiger partial charge in [0.05, 0.1) is 0 Å². The molecule has 1 aromatic rings. The van der Waals surface area contributed by atoms with Crippen molar-refractivity contribution >= 4 is 5.91 Å². The van der Waals surface area contributed by atoms with Crippen LogP contribution in [0, 0.1) is 0 Å². The standard InChI is InChI=1S/C16H24N2O/c1-16(2,3)13-8-6-12(7-9-13)14(17)11-18-10-4-5-15(18)19/h6-9,14H,4-5,10-11,17H2,1-3H3. The van der Waals surface area contributed by atoms with Crippen molar-refractivity contribution in [2.75, 3.05) is 13.1 Å². The molecule has 3 heteroatoms. The van der Waals surface area contributed by atoms with E-state index in [1.165, 1.54) is 5.56 Å². The fraction of sp³-hybridized carbons (Fsp3) is 0.562. The fourth-order valence-electron chi connectivity index (χ4n) is 2.47. The Labute approximate surface area is 115 Å². The number of hydrogen-bond acceptors (Lipinski definition) is 2. The molecule has 0 saturated carbocycles. The van der Waals surface area contributed by atoms with E-state index in [1.807, 2.05) is 4.90 Å². The van der Waals surface area contributed by atoms with E-state index in [1.54, 1.807) is 0 Å². The highest BCUT2D eigenvalue weighted by Gasteiger charge is 2.22. The van der Waals surface area contributed by atoms with Crippen LogP contribution in [-0.2, 0) is 10.2 Å². The van der Waals surface area contributed by atoms with Crippen molar-refractivity contribution in [3.63, 3.8) is 0 Å². The Balaban J connectivity index is 2.03. The summed E-state index contributed by atoms with van der Waals surface area (Å²) >= 11 is 0. The van der Waals surface area contributed by atoms with Crippen LogP contribution in [0.1, 0.15) is 50.8 Å². The summed E-state index contributed by atoms with van der Waals surface area (Å²) < 4.78 is 0. The summed E-state index contributed by atoms with van der Waals surface area (Å²) in [6, 6.07) is 8.37. The molecule has 1 heterocycles. The molecule has 0 aliphatic carbocycles. The molecule has 2 N–H and O–H groups in total. The van der Waals surface area contributed by atoms with Crippen LogP contribution in [0.3, 0.4) is 0 Å². The van der Waals surface area contributed by atoms with E-state index in [-0.39, 0.29) is 17.4 Å². The van der Waals surface area contributed by atoms with Gasteiger partial charge in [-0.15, -0.1) is 0 Å². The number of carbonyl (C=O) groups excluding carboxylic acids is 1. The molecule has 1 aromatic carbocycles. The number of amides is 1. The average Bonchev–Trinajstić information content (AvgIpc) is 2.74. The van der Waals surface area contributed by atoms with E-state index in [9.17, 15) is 4.79 Å². The van der Waals surface area contributed by atoms with Gasteiger partial charge in [-0.3, -0.25) is 4.79 Å². The Morgan fingerprint density at radius 3 is 2.37 bits per heavy atom. The zero-order valence-electron chi connectivity index (χ0n) is 12.1. The van der Waals surface area contributed by atoms with Crippen molar-refractivity contribution in [2.24, 2.45) is 5.73 Å². The van der Waals surface area contributed by atoms with Gasteiger partial charge in [-0.2, -0.15) is 0 Å². The molecule has 1 fully saturated rings. The van der Waals surface area contributed by atoms with Crippen LogP contribution in [0.2, 0.25) is 0 Å². The monoisotopic (exact) mass is 260 g/mol. The molecule has 0 bridgehead atoms. The fourth-order valence-corrected chi connectivity index (χ4v) is 2.47. The number of likely N-dealkylation sites (tertiary alicyclic amines) is 1. The minimum Gasteiger partial charge on any atom is -0.341 e. The van der Waals surface area contributed by atoms with E-state index in [4.69, 9.17) is 5.73 Å². The molecule has 0 radical (unpaired) electrons. The molecular weight excluding hydrogens is 236 g/mol. The van der Waals surface area contributed by atoms with Crippen molar-refractivity contribution in [3.05, 3.63) is 35.4 Å². The van der Waals surface area contributed by atoms with Gasteiger partial charge in [0, 0.05) is 25.6 Å². The van der Waals surface area contributed by atoms with E-state index in [0.717, 1.165) is 18.5 Å². The molecule has 1 atom stereocenters. The number of nitrogens with two attached hydrogens (primary N) is 1. The molecule has 19 heavy (non-hydrogen) atoms. The zero-order chi connectivity index (χ0) is 14.0. The summed E-state index contributed by atoms with van der Waals surface area (Å²) in [6.07, 6.45) is 1.64. The van der Waals surface area contributed by atoms with E-state index < -0.39 is 0 Å². The topological polar surface area (TPSA) is 46.3 Å². The van der Waals surface area contributed by atoms with Crippen molar-refractivity contribution in [3.8, 4) is 0 Å². The van der Waals surface area contributed by atoms with Gasteiger partial charge in [0.1, 0.15) is 0 Å². The van der Waals surface area contributed by atoms with Crippen LogP contribution >= 0.6 is 0 Å². The number of carbonyl (C=O) groups is 1. The first-order valence-electron chi connectivity index (χ1n) is 7.02. The molecule has 0 spiro atoms. The largest absolute Gasteiger partial charge is 0.341 e. The Morgan fingerprint density at radius 2 is 1.89 bits per heavy atom. The maximum Gasteiger partial charge on any atom is 0.222 e. The minimum atomic E-state index is -0.0870. The first-order chi connectivity index (χ1) is 8.88. The summed E-state index contributed by atoms with van der Waals surface area (Å²) in [4.78, 5) is 13.5. The normalized spacial score (nSPS) is 17.9. The highest BCUT2D eigenvalue weighted by atomic mass is 16.2. The third kappa shape index (κ3) is 3.35. The van der Waals surface area contributed by atoms with Gasteiger partial charge in [-0.25, -0.2) is 0 Å². The average molecular weight is 260 g/mol. The lowest BCUT2D eigenvalue weighted by molar-refractivity contribution is -0.127. The van der Waals surface area contributed by atoms with Crippen molar-refractivity contribution in [2.45, 2.75) is 45.1 Å². The third-order valence-electron chi connectivity index (χ3n) is 3.79. The Morgan fingerprint density at radius 1 is 1.26 bits per heavy atom. The zero-order valence-corrected chi connectivity index (χ0v) is 12.1. The summed E-state index contributed by atoms with van der Waals surface area (Å²) in [5.41, 5.74) is 8.77. The summed E-state index contributed by atoms with van der Waals surface area (Å²) in [6.45, 7) is 8.08. The molecule has 1 amide bonds. The van der Waals surface area contributed by atoms with Gasteiger partial charge in [0.15, 0.2) is 0 Å². The molecule has 3 nitrogen and oxygen atoms in total. The lowest BCUT2D eigenvalue weighted by atomic mass is 9.86. The van der Waals surface area contributed by atoms with Crippen LogP contribution in [0.5, 0.6) is 0 Å². The molecule has 1 unspecified atom stereocenters. The third-order valence-corrected chi connectivity index (χ3v) is 3.79. The maximum atomic E-state index is 11.6. The van der Waals surface area contributed by atoms with Gasteiger partial charge in [-0.1, -0.05) is 45.0 Å². The number of rotatable bonds is 3. The second-order valence-electron chi connectivity index (χ2n) is 6.42. The molecule has 1 aliphatic heterocycles. The second-order valence-corrected chi connectivity index (χ2v) is 6.42. The predicted octanol–water partition coefficient (Wildman–Crippen LogP) is 2.61. The number of nitrogens with zero attached hydrogens (tertiary/aromatic N) is 1. The van der Waals surface area contributed by atoms with Crippen molar-refractivity contribution in [1.29, 1.82) is 0 Å². The van der Waals surface area contributed by atoms with Gasteiger partial charge >= 0.3 is 0 Å². The minimum absolute atomic E-state index is 0.0870. The molecule has 0 aromatic heterocycles. The van der Waals surface area contributed by atoms with Gasteiger partial charge in [-0.05, 0) is 23.0 Å². The van der Waals surface area contributed by atoms with Crippen molar-refractivity contribution in [1.82, 2.24) is 4.90 Å². The SMILES string of the molecule is CC(C)(C)c1ccc(C(N)CN2CCCC2=O)cc1. The van der Waals surface area contributed by atoms with Crippen LogP contribution in [0.25, 0.3) is 0 Å². The molecular formula is C16H24N2O. The highest BCUT2D eigenvalue weighted by molar-refractivity contribution is 5.78. The lowest BCUT2D eigenvalue weighted by Crippen LogP contribution is -2.33. The highest BCUT2D eigenvalue weighted by Crippen LogP contribution is 2.24. The quantitative estimate of drug-likeness (QED) is 0.908. The van der Waals surface area contributed by atoms with Crippen LogP contribution in [0.15, 0.2) is 24.3 Å². The van der Waals surface area contributed by atoms with E-state index in [0.29, 0.717) is 13.0 Å². The Bertz CT molecular complexity index is 445. The lowest BCUT2D eigenvalue weighted by Gasteiger charge is -2.23. The predicted molar refractivity (Wildman–Crippen MR) is 77.9 cm³/mol. The molecule has 104 valence electrons. The summed E-state index contributed by atoms with van der Waals surface area (Å²) in [5.74, 6) is 0.238. The smallest absolute Gasteiger partial charge is 0.222 e. The summed E-state index contributed by atoms with van der Waals surface area (Å²) in [7, 11) is 0. The van der Waals surface area contributed by atoms with E-state index >= 15 is 0 Å². The molecule has 2 rings (SSSR count). The van der Waals surface area contributed by atoms with Gasteiger partial charge < -0.3 is 10.6 Å². The second kappa shape index (κ2) is 5.33. The van der Waals surface area contributed by atoms with E-state index in [2.05, 4.69) is 45.0 Å². The Kier molecular flexibility index (Phi) is 3.95. The molecule has 1 saturated heterocycles. The first kappa shape index (κ1) is 14.1. The van der Waals surface area contributed by atoms with Crippen LogP contribution < -0.4 is 5.73 Å². The Hall–Kier alpha value is -1.35. The van der Waals surface area contributed by atoms with Crippen LogP contribution in [0.4, 0.5) is 0 Å². The van der Waals surface area contributed by atoms with Crippen LogP contribution in [-0.4, -0.2) is 23.9 Å². The summed E-state index contributed by atoms with van der Waals surface area (Å²) in [5, 5.41) is 0. The van der Waals surface area contributed by atoms with Crippen molar-refractivity contribution < 1.29 is 4.79 Å². The molecule has 1 aliphatic rings. The first-order valence-corrected chi connectivity index (χ1v) is 7.02. The van der Waals surface area contributed by atoms with Gasteiger partial charge in [0.2, 0.25) is 5.91 Å². The van der Waals surface area contributed by atoms with Gasteiger partial charge in [0.25, 0.3) is 0 Å². The number of hydrogen-bond donors (Lipinski definition) is 1. The number of benzene rings is 1. The maximum absolute atomic E-state index is 11.6.